The summed E-state index contributed by atoms with van der Waals surface area (Å²) in [6, 6.07) is 15.6. The standard InChI is InChI=1S/C36H49N3O6/c40-31-16-14-29(30-15-17-33(42)38-34(30)31)32(41)24-37-20-8-3-9-21-39-22-18-26(19-23-39)25-45-35(43)36(44,27-10-4-1-5-11-27)28-12-6-2-7-13-28/h1,4-5,10-11,14-17,26,28,32,37,40-41,44H,2-3,6-9,12-13,18-25H2,(H,38,42)/t32-,36?/m0/s1. The molecule has 1 aliphatic carbocycles. The van der Waals surface area contributed by atoms with Crippen molar-refractivity contribution in [2.24, 2.45) is 11.8 Å². The maximum absolute atomic E-state index is 13.4. The van der Waals surface area contributed by atoms with Gasteiger partial charge in [0.2, 0.25) is 5.56 Å². The van der Waals surface area contributed by atoms with Crippen LogP contribution in [0.2, 0.25) is 0 Å². The van der Waals surface area contributed by atoms with Gasteiger partial charge in [-0.1, -0.05) is 62.1 Å². The molecule has 9 heteroatoms. The molecule has 45 heavy (non-hydrogen) atoms. The zero-order valence-electron chi connectivity index (χ0n) is 26.3. The predicted octanol–water partition coefficient (Wildman–Crippen LogP) is 4.75. The summed E-state index contributed by atoms with van der Waals surface area (Å²) in [7, 11) is 0. The van der Waals surface area contributed by atoms with Crippen molar-refractivity contribution < 1.29 is 24.9 Å². The van der Waals surface area contributed by atoms with Crippen LogP contribution in [0.5, 0.6) is 5.75 Å². The van der Waals surface area contributed by atoms with E-state index in [-0.39, 0.29) is 17.2 Å². The van der Waals surface area contributed by atoms with Gasteiger partial charge < -0.3 is 35.3 Å². The molecule has 0 amide bonds. The third-order valence-corrected chi connectivity index (χ3v) is 9.81. The molecule has 1 aromatic heterocycles. The highest BCUT2D eigenvalue weighted by atomic mass is 16.5. The van der Waals surface area contributed by atoms with Crippen LogP contribution in [0.15, 0.2) is 59.4 Å². The Morgan fingerprint density at radius 2 is 1.73 bits per heavy atom. The fourth-order valence-electron chi connectivity index (χ4n) is 7.07. The number of aromatic amines is 1. The van der Waals surface area contributed by atoms with Crippen molar-refractivity contribution in [3.05, 3.63) is 76.1 Å². The van der Waals surface area contributed by atoms with Crippen LogP contribution in [0.4, 0.5) is 0 Å². The van der Waals surface area contributed by atoms with Gasteiger partial charge in [0, 0.05) is 23.9 Å². The van der Waals surface area contributed by atoms with Gasteiger partial charge in [0.05, 0.1) is 18.2 Å². The number of aliphatic hydroxyl groups is 2. The molecule has 3 aromatic rings. The molecule has 244 valence electrons. The van der Waals surface area contributed by atoms with E-state index >= 15 is 0 Å². The zero-order chi connectivity index (χ0) is 31.6. The number of aliphatic hydroxyl groups excluding tert-OH is 1. The fourth-order valence-corrected chi connectivity index (χ4v) is 7.07. The largest absolute Gasteiger partial charge is 0.506 e. The quantitative estimate of drug-likeness (QED) is 0.129. The lowest BCUT2D eigenvalue weighted by Crippen LogP contribution is -2.46. The van der Waals surface area contributed by atoms with Gasteiger partial charge in [-0.15, -0.1) is 0 Å². The second kappa shape index (κ2) is 15.9. The number of fused-ring (bicyclic) bond motifs is 1. The number of likely N-dealkylation sites (tertiary alicyclic amines) is 1. The average Bonchev–Trinajstić information content (AvgIpc) is 3.08. The molecule has 0 radical (unpaired) electrons. The molecule has 2 atom stereocenters. The number of unbranched alkanes of at least 4 members (excludes halogenated alkanes) is 2. The number of hydrogen-bond donors (Lipinski definition) is 5. The van der Waals surface area contributed by atoms with Crippen LogP contribution in [0.3, 0.4) is 0 Å². The summed E-state index contributed by atoms with van der Waals surface area (Å²) in [5.74, 6) is -0.286. The second-order valence-corrected chi connectivity index (χ2v) is 12.9. The van der Waals surface area contributed by atoms with E-state index in [1.165, 1.54) is 12.1 Å². The predicted molar refractivity (Wildman–Crippen MR) is 175 cm³/mol. The first-order valence-electron chi connectivity index (χ1n) is 16.8. The van der Waals surface area contributed by atoms with Gasteiger partial charge in [-0.3, -0.25) is 4.79 Å². The third kappa shape index (κ3) is 8.33. The smallest absolute Gasteiger partial charge is 0.343 e. The monoisotopic (exact) mass is 619 g/mol. The number of aromatic hydroxyl groups is 1. The van der Waals surface area contributed by atoms with E-state index in [0.717, 1.165) is 90.4 Å². The van der Waals surface area contributed by atoms with E-state index in [1.807, 2.05) is 30.3 Å². The minimum Gasteiger partial charge on any atom is -0.506 e. The third-order valence-electron chi connectivity index (χ3n) is 9.81. The van der Waals surface area contributed by atoms with Gasteiger partial charge in [-0.05, 0) is 93.9 Å². The number of esters is 1. The first-order chi connectivity index (χ1) is 21.9. The van der Waals surface area contributed by atoms with Crippen LogP contribution in [-0.4, -0.2) is 70.5 Å². The number of phenols is 1. The molecule has 2 heterocycles. The van der Waals surface area contributed by atoms with Gasteiger partial charge in [0.15, 0.2) is 5.60 Å². The Morgan fingerprint density at radius 1 is 0.978 bits per heavy atom. The van der Waals surface area contributed by atoms with Crippen LogP contribution in [0.1, 0.15) is 81.4 Å². The average molecular weight is 620 g/mol. The highest BCUT2D eigenvalue weighted by Crippen LogP contribution is 2.40. The second-order valence-electron chi connectivity index (χ2n) is 12.9. The first kappa shape index (κ1) is 33.1. The number of nitrogens with zero attached hydrogens (tertiary/aromatic N) is 1. The Morgan fingerprint density at radius 3 is 2.49 bits per heavy atom. The Bertz CT molecular complexity index is 1430. The normalized spacial score (nSPS) is 18.9. The van der Waals surface area contributed by atoms with E-state index < -0.39 is 17.7 Å². The number of H-pyrrole nitrogens is 1. The lowest BCUT2D eigenvalue weighted by molar-refractivity contribution is -0.177. The minimum absolute atomic E-state index is 0.0132. The Hall–Kier alpha value is -3.24. The van der Waals surface area contributed by atoms with E-state index in [4.69, 9.17) is 4.74 Å². The molecule has 1 unspecified atom stereocenters. The van der Waals surface area contributed by atoms with Crippen molar-refractivity contribution in [2.45, 2.75) is 75.9 Å². The summed E-state index contributed by atoms with van der Waals surface area (Å²) in [4.78, 5) is 30.1. The van der Waals surface area contributed by atoms with Gasteiger partial charge in [-0.25, -0.2) is 4.79 Å². The Balaban J connectivity index is 0.971. The molecule has 2 aliphatic rings. The summed E-state index contributed by atoms with van der Waals surface area (Å²) in [6.07, 6.45) is 9.34. The number of benzene rings is 2. The molecule has 0 bridgehead atoms. The fraction of sp³-hybridized carbons (Fsp3) is 0.556. The lowest BCUT2D eigenvalue weighted by atomic mass is 9.73. The summed E-state index contributed by atoms with van der Waals surface area (Å²) >= 11 is 0. The van der Waals surface area contributed by atoms with Crippen molar-refractivity contribution in [1.82, 2.24) is 15.2 Å². The number of carbonyl (C=O) groups is 1. The lowest BCUT2D eigenvalue weighted by Gasteiger charge is -2.37. The molecule has 2 aromatic carbocycles. The van der Waals surface area contributed by atoms with Crippen molar-refractivity contribution >= 4 is 16.9 Å². The van der Waals surface area contributed by atoms with Crippen molar-refractivity contribution in [3.8, 4) is 5.75 Å². The van der Waals surface area contributed by atoms with Crippen LogP contribution < -0.4 is 10.9 Å². The number of carbonyl (C=O) groups excluding carboxylic acids is 1. The summed E-state index contributed by atoms with van der Waals surface area (Å²) in [5.41, 5.74) is -0.214. The number of nitrogens with one attached hydrogen (secondary N) is 2. The summed E-state index contributed by atoms with van der Waals surface area (Å²) in [5, 5.41) is 36.5. The highest BCUT2D eigenvalue weighted by molar-refractivity contribution is 5.87. The molecule has 5 N–H and O–H groups in total. The molecule has 0 spiro atoms. The number of phenolic OH excluding ortho intramolecular Hbond substituents is 1. The summed E-state index contributed by atoms with van der Waals surface area (Å²) in [6.45, 7) is 4.58. The van der Waals surface area contributed by atoms with Crippen LogP contribution >= 0.6 is 0 Å². The molecule has 1 saturated heterocycles. The number of piperidine rings is 1. The van der Waals surface area contributed by atoms with E-state index in [0.29, 0.717) is 41.1 Å². The maximum Gasteiger partial charge on any atom is 0.343 e. The number of ether oxygens (including phenoxy) is 1. The minimum atomic E-state index is -1.57. The van der Waals surface area contributed by atoms with E-state index in [2.05, 4.69) is 15.2 Å². The van der Waals surface area contributed by atoms with Crippen LogP contribution in [0.25, 0.3) is 10.9 Å². The number of aromatic nitrogens is 1. The SMILES string of the molecule is O=C(OCC1CCN(CCCCCNC[C@H](O)c2ccc(O)c3[nH]c(=O)ccc23)CC1)C(O)(c1ccccc1)C1CCCCC1. The molecule has 9 nitrogen and oxygen atoms in total. The molecule has 1 saturated carbocycles. The van der Waals surface area contributed by atoms with E-state index in [1.54, 1.807) is 12.1 Å². The van der Waals surface area contributed by atoms with Gasteiger partial charge in [0.1, 0.15) is 5.75 Å². The number of rotatable bonds is 14. The van der Waals surface area contributed by atoms with Gasteiger partial charge >= 0.3 is 5.97 Å². The molecule has 2 fully saturated rings. The molecule has 1 aliphatic heterocycles. The topological polar surface area (TPSA) is 135 Å². The Labute approximate surface area is 265 Å². The Kier molecular flexibility index (Phi) is 11.7. The first-order valence-corrected chi connectivity index (χ1v) is 16.8. The van der Waals surface area contributed by atoms with Crippen molar-refractivity contribution in [2.75, 3.05) is 39.3 Å². The highest BCUT2D eigenvalue weighted by Gasteiger charge is 2.47. The number of hydrogen-bond acceptors (Lipinski definition) is 8. The van der Waals surface area contributed by atoms with Gasteiger partial charge in [0.25, 0.3) is 0 Å². The molecular weight excluding hydrogens is 570 g/mol. The van der Waals surface area contributed by atoms with Gasteiger partial charge in [-0.2, -0.15) is 0 Å². The zero-order valence-corrected chi connectivity index (χ0v) is 26.3. The molecule has 5 rings (SSSR count). The van der Waals surface area contributed by atoms with Crippen molar-refractivity contribution in [3.63, 3.8) is 0 Å². The summed E-state index contributed by atoms with van der Waals surface area (Å²) < 4.78 is 5.84. The van der Waals surface area contributed by atoms with E-state index in [9.17, 15) is 24.9 Å². The van der Waals surface area contributed by atoms with Crippen LogP contribution in [0, 0.1) is 11.8 Å². The van der Waals surface area contributed by atoms with Crippen molar-refractivity contribution in [1.29, 1.82) is 0 Å². The molecular formula is C36H49N3O6. The van der Waals surface area contributed by atoms with Crippen LogP contribution in [-0.2, 0) is 15.1 Å². The maximum atomic E-state index is 13.4. The number of pyridine rings is 1.